The minimum Gasteiger partial charge on any atom is -0.315 e. The standard InChI is InChI=1S/C21H19N7O/c1-5-19(29)24-15-6-7-17-16(10-15)14(3)12-28(17)20-13(2)11-22-21(26-20)25-18-8-9-23-27(18)4/h1,6-12H,2-4H3,(H,24,29)(H,22,25,26). The third kappa shape index (κ3) is 3.41. The fourth-order valence-electron chi connectivity index (χ4n) is 3.16. The number of aryl methyl sites for hydroxylation is 3. The summed E-state index contributed by atoms with van der Waals surface area (Å²) in [6.07, 6.45) is 10.6. The molecular formula is C21H19N7O. The Kier molecular flexibility index (Phi) is 4.49. The summed E-state index contributed by atoms with van der Waals surface area (Å²) in [6.45, 7) is 3.98. The van der Waals surface area contributed by atoms with Gasteiger partial charge in [-0.3, -0.25) is 9.48 Å². The van der Waals surface area contributed by atoms with Crippen LogP contribution in [0.2, 0.25) is 0 Å². The summed E-state index contributed by atoms with van der Waals surface area (Å²) >= 11 is 0. The van der Waals surface area contributed by atoms with Crippen LogP contribution >= 0.6 is 0 Å². The first-order valence-corrected chi connectivity index (χ1v) is 8.94. The average Bonchev–Trinajstić information content (AvgIpc) is 3.26. The van der Waals surface area contributed by atoms with E-state index in [1.54, 1.807) is 17.1 Å². The van der Waals surface area contributed by atoms with Crippen molar-refractivity contribution in [2.75, 3.05) is 10.6 Å². The summed E-state index contributed by atoms with van der Waals surface area (Å²) < 4.78 is 3.73. The Balaban J connectivity index is 1.76. The van der Waals surface area contributed by atoms with Gasteiger partial charge in [0.2, 0.25) is 5.95 Å². The number of benzene rings is 1. The van der Waals surface area contributed by atoms with E-state index >= 15 is 0 Å². The number of rotatable bonds is 4. The van der Waals surface area contributed by atoms with Gasteiger partial charge in [0.25, 0.3) is 5.91 Å². The number of hydrogen-bond acceptors (Lipinski definition) is 5. The molecule has 0 spiro atoms. The highest BCUT2D eigenvalue weighted by Crippen LogP contribution is 2.28. The largest absolute Gasteiger partial charge is 0.315 e. The quantitative estimate of drug-likeness (QED) is 0.527. The van der Waals surface area contributed by atoms with Crippen LogP contribution in [0, 0.1) is 26.2 Å². The molecule has 0 saturated carbocycles. The Morgan fingerprint density at radius 1 is 1.21 bits per heavy atom. The third-order valence-corrected chi connectivity index (χ3v) is 4.63. The summed E-state index contributed by atoms with van der Waals surface area (Å²) in [6, 6.07) is 7.51. The summed E-state index contributed by atoms with van der Waals surface area (Å²) in [4.78, 5) is 20.6. The summed E-state index contributed by atoms with van der Waals surface area (Å²) in [5.74, 6) is 3.62. The van der Waals surface area contributed by atoms with Crippen molar-refractivity contribution < 1.29 is 4.79 Å². The minimum absolute atomic E-state index is 0.473. The Hall–Kier alpha value is -4.12. The van der Waals surface area contributed by atoms with E-state index in [-0.39, 0.29) is 0 Å². The van der Waals surface area contributed by atoms with Crippen LogP contribution in [0.3, 0.4) is 0 Å². The molecule has 0 aliphatic rings. The van der Waals surface area contributed by atoms with Crippen molar-refractivity contribution in [2.45, 2.75) is 13.8 Å². The molecule has 0 saturated heterocycles. The number of carbonyl (C=O) groups is 1. The maximum absolute atomic E-state index is 11.5. The van der Waals surface area contributed by atoms with Gasteiger partial charge in [0, 0.05) is 42.1 Å². The SMILES string of the molecule is C#CC(=O)Nc1ccc2c(c1)c(C)cn2-c1nc(Nc2ccnn2C)ncc1C. The van der Waals surface area contributed by atoms with Crippen LogP contribution in [-0.2, 0) is 11.8 Å². The number of nitrogens with zero attached hydrogens (tertiary/aromatic N) is 5. The molecule has 0 aliphatic heterocycles. The van der Waals surface area contributed by atoms with Crippen LogP contribution < -0.4 is 10.6 Å². The molecule has 0 aliphatic carbocycles. The number of anilines is 3. The normalized spacial score (nSPS) is 10.7. The predicted octanol–water partition coefficient (Wildman–Crippen LogP) is 3.09. The maximum atomic E-state index is 11.5. The average molecular weight is 385 g/mol. The molecule has 0 atom stereocenters. The minimum atomic E-state index is -0.473. The molecule has 2 N–H and O–H groups in total. The Morgan fingerprint density at radius 3 is 2.76 bits per heavy atom. The topological polar surface area (TPSA) is 89.7 Å². The zero-order valence-corrected chi connectivity index (χ0v) is 16.3. The lowest BCUT2D eigenvalue weighted by Gasteiger charge is -2.11. The number of fused-ring (bicyclic) bond motifs is 1. The highest BCUT2D eigenvalue weighted by molar-refractivity contribution is 6.04. The number of hydrogen-bond donors (Lipinski definition) is 2. The van der Waals surface area contributed by atoms with Crippen molar-refractivity contribution in [3.8, 4) is 18.2 Å². The first-order valence-electron chi connectivity index (χ1n) is 8.94. The van der Waals surface area contributed by atoms with Gasteiger partial charge in [-0.05, 0) is 43.5 Å². The van der Waals surface area contributed by atoms with Gasteiger partial charge in [0.1, 0.15) is 11.6 Å². The second kappa shape index (κ2) is 7.13. The Morgan fingerprint density at radius 2 is 2.03 bits per heavy atom. The van der Waals surface area contributed by atoms with Crippen molar-refractivity contribution in [3.63, 3.8) is 0 Å². The first kappa shape index (κ1) is 18.3. The second-order valence-corrected chi connectivity index (χ2v) is 6.68. The molecule has 0 fully saturated rings. The number of carbonyl (C=O) groups excluding carboxylic acids is 1. The third-order valence-electron chi connectivity index (χ3n) is 4.63. The lowest BCUT2D eigenvalue weighted by molar-refractivity contribution is -0.111. The molecular weight excluding hydrogens is 366 g/mol. The molecule has 4 rings (SSSR count). The number of nitrogens with one attached hydrogen (secondary N) is 2. The molecule has 0 bridgehead atoms. The lowest BCUT2D eigenvalue weighted by atomic mass is 10.1. The Labute approximate surface area is 167 Å². The van der Waals surface area contributed by atoms with E-state index in [2.05, 4.69) is 26.6 Å². The van der Waals surface area contributed by atoms with Crippen LogP contribution in [-0.4, -0.2) is 30.2 Å². The van der Waals surface area contributed by atoms with Crippen LogP contribution in [0.5, 0.6) is 0 Å². The van der Waals surface area contributed by atoms with E-state index in [0.29, 0.717) is 11.6 Å². The fraction of sp³-hybridized carbons (Fsp3) is 0.143. The van der Waals surface area contributed by atoms with Crippen LogP contribution in [0.4, 0.5) is 17.5 Å². The van der Waals surface area contributed by atoms with Crippen LogP contribution in [0.25, 0.3) is 16.7 Å². The van der Waals surface area contributed by atoms with E-state index < -0.39 is 5.91 Å². The molecule has 0 radical (unpaired) electrons. The van der Waals surface area contributed by atoms with Gasteiger partial charge in [-0.1, -0.05) is 0 Å². The summed E-state index contributed by atoms with van der Waals surface area (Å²) in [7, 11) is 1.84. The van der Waals surface area contributed by atoms with Gasteiger partial charge < -0.3 is 15.2 Å². The van der Waals surface area contributed by atoms with Crippen molar-refractivity contribution >= 4 is 34.3 Å². The molecule has 1 aromatic carbocycles. The number of amides is 1. The fourth-order valence-corrected chi connectivity index (χ4v) is 3.16. The van der Waals surface area contributed by atoms with E-state index in [0.717, 1.165) is 33.7 Å². The molecule has 144 valence electrons. The lowest BCUT2D eigenvalue weighted by Crippen LogP contribution is -2.08. The van der Waals surface area contributed by atoms with Gasteiger partial charge in [-0.25, -0.2) is 4.98 Å². The van der Waals surface area contributed by atoms with Gasteiger partial charge in [-0.2, -0.15) is 10.1 Å². The van der Waals surface area contributed by atoms with Gasteiger partial charge in [0.05, 0.1) is 11.7 Å². The second-order valence-electron chi connectivity index (χ2n) is 6.68. The highest BCUT2D eigenvalue weighted by atomic mass is 16.1. The smallest absolute Gasteiger partial charge is 0.300 e. The van der Waals surface area contributed by atoms with E-state index in [1.807, 2.05) is 55.9 Å². The van der Waals surface area contributed by atoms with Crippen LogP contribution in [0.15, 0.2) is 42.9 Å². The molecule has 8 nitrogen and oxygen atoms in total. The summed E-state index contributed by atoms with van der Waals surface area (Å²) in [5.41, 5.74) is 3.60. The monoisotopic (exact) mass is 385 g/mol. The van der Waals surface area contributed by atoms with Gasteiger partial charge in [0.15, 0.2) is 0 Å². The molecule has 8 heteroatoms. The van der Waals surface area contributed by atoms with Crippen molar-refractivity contribution in [3.05, 3.63) is 54.0 Å². The Bertz CT molecular complexity index is 1280. The molecule has 1 amide bonds. The van der Waals surface area contributed by atoms with Crippen molar-refractivity contribution in [1.82, 2.24) is 24.3 Å². The molecule has 4 aromatic rings. The highest BCUT2D eigenvalue weighted by Gasteiger charge is 2.13. The van der Waals surface area contributed by atoms with Crippen molar-refractivity contribution in [2.24, 2.45) is 7.05 Å². The number of aromatic nitrogens is 5. The van der Waals surface area contributed by atoms with E-state index in [9.17, 15) is 4.79 Å². The first-order chi connectivity index (χ1) is 14.0. The van der Waals surface area contributed by atoms with Gasteiger partial charge >= 0.3 is 0 Å². The zero-order chi connectivity index (χ0) is 20.5. The molecule has 3 aromatic heterocycles. The van der Waals surface area contributed by atoms with Gasteiger partial charge in [-0.15, -0.1) is 6.42 Å². The molecule has 29 heavy (non-hydrogen) atoms. The summed E-state index contributed by atoms with van der Waals surface area (Å²) in [5, 5.41) is 11.0. The maximum Gasteiger partial charge on any atom is 0.300 e. The van der Waals surface area contributed by atoms with Crippen LogP contribution in [0.1, 0.15) is 11.1 Å². The molecule has 0 unspecified atom stereocenters. The van der Waals surface area contributed by atoms with Crippen molar-refractivity contribution in [1.29, 1.82) is 0 Å². The molecule has 3 heterocycles. The van der Waals surface area contributed by atoms with E-state index in [1.165, 1.54) is 0 Å². The predicted molar refractivity (Wildman–Crippen MR) is 112 cm³/mol. The number of terminal acetylenes is 1. The zero-order valence-electron chi connectivity index (χ0n) is 16.3. The van der Waals surface area contributed by atoms with E-state index in [4.69, 9.17) is 11.4 Å².